The van der Waals surface area contributed by atoms with Gasteiger partial charge in [-0.05, 0) is 33.2 Å². The summed E-state index contributed by atoms with van der Waals surface area (Å²) in [4.78, 5) is 0. The maximum atomic E-state index is 11.9. The summed E-state index contributed by atoms with van der Waals surface area (Å²) in [5, 5.41) is 0. The van der Waals surface area contributed by atoms with Crippen LogP contribution in [0.3, 0.4) is 0 Å². The van der Waals surface area contributed by atoms with Gasteiger partial charge in [-0.3, -0.25) is 0 Å². The summed E-state index contributed by atoms with van der Waals surface area (Å²) in [6.45, 7) is 6.77. The Balaban J connectivity index is 4.44. The minimum Gasteiger partial charge on any atom is -0.330 e. The van der Waals surface area contributed by atoms with Crippen molar-refractivity contribution in [1.29, 1.82) is 0 Å². The Bertz CT molecular complexity index is 288. The molecule has 0 aromatic heterocycles. The second-order valence-electron chi connectivity index (χ2n) is 4.70. The van der Waals surface area contributed by atoms with Crippen LogP contribution in [0, 0.1) is 0 Å². The fraction of sp³-hybridized carbons (Fsp3) is 1.00. The molecule has 0 amide bonds. The zero-order valence-electron chi connectivity index (χ0n) is 10.8. The first-order valence-corrected chi connectivity index (χ1v) is 7.14. The van der Waals surface area contributed by atoms with Gasteiger partial charge in [0.1, 0.15) is 0 Å². The summed E-state index contributed by atoms with van der Waals surface area (Å²) in [7, 11) is -1.82. The van der Waals surface area contributed by atoms with Gasteiger partial charge in [0.25, 0.3) is 10.2 Å². The summed E-state index contributed by atoms with van der Waals surface area (Å²) in [6.07, 6.45) is 2.44. The van der Waals surface area contributed by atoms with Crippen molar-refractivity contribution in [1.82, 2.24) is 9.03 Å². The molecular weight excluding hydrogens is 226 g/mol. The first-order valence-electron chi connectivity index (χ1n) is 5.70. The molecule has 0 spiro atoms. The summed E-state index contributed by atoms with van der Waals surface area (Å²) < 4.78 is 27.8. The first-order chi connectivity index (χ1) is 7.25. The molecule has 0 aliphatic rings. The van der Waals surface area contributed by atoms with Gasteiger partial charge in [0.05, 0.1) is 0 Å². The van der Waals surface area contributed by atoms with Crippen molar-refractivity contribution < 1.29 is 8.42 Å². The van der Waals surface area contributed by atoms with Crippen LogP contribution in [0.25, 0.3) is 0 Å². The number of nitrogens with zero attached hydrogens (tertiary/aromatic N) is 1. The number of rotatable bonds is 8. The quantitative estimate of drug-likeness (QED) is 0.666. The highest BCUT2D eigenvalue weighted by Gasteiger charge is 2.26. The SMILES string of the molecule is CCCC(C)(C)NS(=O)(=O)N(C)CCCN. The van der Waals surface area contributed by atoms with Gasteiger partial charge in [-0.2, -0.15) is 17.4 Å². The van der Waals surface area contributed by atoms with Gasteiger partial charge in [-0.1, -0.05) is 13.3 Å². The van der Waals surface area contributed by atoms with Crippen LogP contribution in [0.15, 0.2) is 0 Å². The Morgan fingerprint density at radius 2 is 1.94 bits per heavy atom. The van der Waals surface area contributed by atoms with Crippen molar-refractivity contribution in [2.45, 2.75) is 45.6 Å². The van der Waals surface area contributed by atoms with Gasteiger partial charge in [-0.15, -0.1) is 0 Å². The zero-order valence-corrected chi connectivity index (χ0v) is 11.6. The molecule has 5 nitrogen and oxygen atoms in total. The van der Waals surface area contributed by atoms with Crippen molar-refractivity contribution in [2.75, 3.05) is 20.1 Å². The molecule has 0 unspecified atom stereocenters. The smallest absolute Gasteiger partial charge is 0.279 e. The molecule has 0 heterocycles. The van der Waals surface area contributed by atoms with E-state index in [-0.39, 0.29) is 0 Å². The summed E-state index contributed by atoms with van der Waals surface area (Å²) >= 11 is 0. The fourth-order valence-corrected chi connectivity index (χ4v) is 2.86. The van der Waals surface area contributed by atoms with Gasteiger partial charge in [-0.25, -0.2) is 0 Å². The summed E-state index contributed by atoms with van der Waals surface area (Å²) in [5.41, 5.74) is 4.95. The minimum atomic E-state index is -3.38. The van der Waals surface area contributed by atoms with Crippen LogP contribution in [0.2, 0.25) is 0 Å². The lowest BCUT2D eigenvalue weighted by Crippen LogP contribution is -2.49. The van der Waals surface area contributed by atoms with Crippen LogP contribution >= 0.6 is 0 Å². The normalized spacial score (nSPS) is 13.4. The maximum Gasteiger partial charge on any atom is 0.279 e. The molecule has 0 aliphatic carbocycles. The molecule has 16 heavy (non-hydrogen) atoms. The topological polar surface area (TPSA) is 75.4 Å². The molecular formula is C10H25N3O2S. The highest BCUT2D eigenvalue weighted by molar-refractivity contribution is 7.87. The molecule has 0 saturated carbocycles. The molecule has 6 heteroatoms. The largest absolute Gasteiger partial charge is 0.330 e. The highest BCUT2D eigenvalue weighted by Crippen LogP contribution is 2.13. The fourth-order valence-electron chi connectivity index (χ4n) is 1.54. The van der Waals surface area contributed by atoms with E-state index in [1.165, 1.54) is 4.31 Å². The van der Waals surface area contributed by atoms with Crippen molar-refractivity contribution in [3.05, 3.63) is 0 Å². The molecule has 0 saturated heterocycles. The van der Waals surface area contributed by atoms with Crippen molar-refractivity contribution >= 4 is 10.2 Å². The third kappa shape index (κ3) is 5.79. The number of nitrogens with one attached hydrogen (secondary N) is 1. The second kappa shape index (κ2) is 6.54. The Hall–Kier alpha value is -0.170. The van der Waals surface area contributed by atoms with E-state index >= 15 is 0 Å². The molecule has 0 aromatic carbocycles. The van der Waals surface area contributed by atoms with E-state index in [1.807, 2.05) is 20.8 Å². The molecule has 0 aliphatic heterocycles. The van der Waals surface area contributed by atoms with Crippen LogP contribution in [0.4, 0.5) is 0 Å². The van der Waals surface area contributed by atoms with Crippen LogP contribution in [0.1, 0.15) is 40.0 Å². The predicted molar refractivity (Wildman–Crippen MR) is 67.3 cm³/mol. The Kier molecular flexibility index (Phi) is 6.47. The molecule has 3 N–H and O–H groups in total. The minimum absolute atomic E-state index is 0.398. The summed E-state index contributed by atoms with van der Waals surface area (Å²) in [5.74, 6) is 0. The summed E-state index contributed by atoms with van der Waals surface area (Å²) in [6, 6.07) is 0. The van der Waals surface area contributed by atoms with Crippen LogP contribution < -0.4 is 10.5 Å². The van der Waals surface area contributed by atoms with E-state index in [0.717, 1.165) is 12.8 Å². The lowest BCUT2D eigenvalue weighted by atomic mass is 10.0. The molecule has 98 valence electrons. The standard InChI is InChI=1S/C10H25N3O2S/c1-5-7-10(2,3)12-16(14,15)13(4)9-6-8-11/h12H,5-9,11H2,1-4H3. The number of hydrogen-bond donors (Lipinski definition) is 2. The van der Waals surface area contributed by atoms with E-state index < -0.39 is 15.7 Å². The van der Waals surface area contributed by atoms with Crippen molar-refractivity contribution in [3.63, 3.8) is 0 Å². The molecule has 0 rings (SSSR count). The van der Waals surface area contributed by atoms with Crippen LogP contribution in [-0.2, 0) is 10.2 Å². The predicted octanol–water partition coefficient (Wildman–Crippen LogP) is 0.680. The lowest BCUT2D eigenvalue weighted by molar-refractivity contribution is 0.386. The Morgan fingerprint density at radius 3 is 2.38 bits per heavy atom. The monoisotopic (exact) mass is 251 g/mol. The van der Waals surface area contributed by atoms with E-state index in [0.29, 0.717) is 19.5 Å². The molecule has 0 atom stereocenters. The van der Waals surface area contributed by atoms with Crippen molar-refractivity contribution in [2.24, 2.45) is 5.73 Å². The van der Waals surface area contributed by atoms with Gasteiger partial charge in [0.2, 0.25) is 0 Å². The second-order valence-corrected chi connectivity index (χ2v) is 6.48. The molecule has 0 aromatic rings. The lowest BCUT2D eigenvalue weighted by Gasteiger charge is -2.28. The molecule has 0 bridgehead atoms. The van der Waals surface area contributed by atoms with Gasteiger partial charge >= 0.3 is 0 Å². The van der Waals surface area contributed by atoms with Gasteiger partial charge in [0.15, 0.2) is 0 Å². The van der Waals surface area contributed by atoms with Crippen molar-refractivity contribution in [3.8, 4) is 0 Å². The van der Waals surface area contributed by atoms with Gasteiger partial charge in [0, 0.05) is 19.1 Å². The van der Waals surface area contributed by atoms with E-state index in [1.54, 1.807) is 7.05 Å². The van der Waals surface area contributed by atoms with E-state index in [9.17, 15) is 8.42 Å². The Labute approximate surface area is 99.6 Å². The van der Waals surface area contributed by atoms with Crippen LogP contribution in [-0.4, -0.2) is 38.4 Å². The average Bonchev–Trinajstić information content (AvgIpc) is 2.11. The first kappa shape index (κ1) is 15.8. The molecule has 0 radical (unpaired) electrons. The highest BCUT2D eigenvalue weighted by atomic mass is 32.2. The van der Waals surface area contributed by atoms with E-state index in [2.05, 4.69) is 4.72 Å². The Morgan fingerprint density at radius 1 is 1.38 bits per heavy atom. The number of nitrogens with two attached hydrogens (primary N) is 1. The average molecular weight is 251 g/mol. The van der Waals surface area contributed by atoms with E-state index in [4.69, 9.17) is 5.73 Å². The maximum absolute atomic E-state index is 11.9. The molecule has 0 fully saturated rings. The third-order valence-corrected chi connectivity index (χ3v) is 4.18. The zero-order chi connectivity index (χ0) is 12.8. The number of hydrogen-bond acceptors (Lipinski definition) is 3. The third-order valence-electron chi connectivity index (χ3n) is 2.37. The van der Waals surface area contributed by atoms with Crippen LogP contribution in [0.5, 0.6) is 0 Å². The van der Waals surface area contributed by atoms with Gasteiger partial charge < -0.3 is 5.73 Å².